The van der Waals surface area contributed by atoms with Crippen molar-refractivity contribution in [2.45, 2.75) is 0 Å². The Morgan fingerprint density at radius 2 is 0.933 bits per heavy atom. The lowest BCUT2D eigenvalue weighted by molar-refractivity contribution is 1.43. The van der Waals surface area contributed by atoms with Crippen LogP contribution in [0.4, 0.5) is 0 Å². The third-order valence-electron chi connectivity index (χ3n) is 1.98. The molecule has 2 heteroatoms. The summed E-state index contributed by atoms with van der Waals surface area (Å²) in [5.74, 6) is 0. The van der Waals surface area contributed by atoms with Gasteiger partial charge >= 0.3 is 0 Å². The molecule has 0 saturated carbocycles. The van der Waals surface area contributed by atoms with Gasteiger partial charge in [0.25, 0.3) is 0 Å². The van der Waals surface area contributed by atoms with Crippen molar-refractivity contribution in [2.75, 3.05) is 0 Å². The van der Waals surface area contributed by atoms with E-state index in [0.717, 1.165) is 21.2 Å². The van der Waals surface area contributed by atoms with Crippen LogP contribution in [-0.4, -0.2) is 0 Å². The first-order valence-corrected chi connectivity index (χ1v) is 5.28. The summed E-state index contributed by atoms with van der Waals surface area (Å²) in [4.78, 5) is 0. The van der Waals surface area contributed by atoms with Crippen LogP contribution in [0.1, 0.15) is 11.1 Å². The van der Waals surface area contributed by atoms with Gasteiger partial charge in [0.1, 0.15) is 0 Å². The minimum Gasteiger partial charge on any atom is -0.0843 e. The normalized spacial score (nSPS) is 10.3. The summed E-state index contributed by atoms with van der Waals surface area (Å²) >= 11 is 11.6. The predicted octanol–water partition coefficient (Wildman–Crippen LogP) is 4.47. The standard InChI is InChI=1S/C13H8Cl2/c14-12-5-1-10(2-6-12)9-11-3-7-13(15)8-4-11/h1-8H. The summed E-state index contributed by atoms with van der Waals surface area (Å²) in [5.41, 5.74) is 2.00. The first-order chi connectivity index (χ1) is 7.24. The summed E-state index contributed by atoms with van der Waals surface area (Å²) in [5, 5.41) is 1.47. The maximum Gasteiger partial charge on any atom is 0.0501 e. The van der Waals surface area contributed by atoms with Crippen LogP contribution in [0.5, 0.6) is 0 Å². The minimum absolute atomic E-state index is 0.733. The zero-order chi connectivity index (χ0) is 10.7. The van der Waals surface area contributed by atoms with Crippen molar-refractivity contribution < 1.29 is 0 Å². The Morgan fingerprint density at radius 1 is 0.600 bits per heavy atom. The van der Waals surface area contributed by atoms with Gasteiger partial charge in [-0.3, -0.25) is 0 Å². The highest BCUT2D eigenvalue weighted by Gasteiger charge is 1.97. The Balaban J connectivity index is 2.15. The van der Waals surface area contributed by atoms with Crippen molar-refractivity contribution in [3.05, 3.63) is 76.1 Å². The fourth-order valence-electron chi connectivity index (χ4n) is 1.23. The van der Waals surface area contributed by atoms with Crippen molar-refractivity contribution in [3.63, 3.8) is 0 Å². The molecule has 2 radical (unpaired) electrons. The van der Waals surface area contributed by atoms with Gasteiger partial charge in [0.15, 0.2) is 0 Å². The lowest BCUT2D eigenvalue weighted by Gasteiger charge is -2.00. The summed E-state index contributed by atoms with van der Waals surface area (Å²) < 4.78 is 0. The van der Waals surface area contributed by atoms with Gasteiger partial charge in [0.2, 0.25) is 0 Å². The van der Waals surface area contributed by atoms with Gasteiger partial charge < -0.3 is 0 Å². The average Bonchev–Trinajstić information content (AvgIpc) is 2.25. The molecule has 0 N–H and O–H groups in total. The molecule has 0 fully saturated rings. The van der Waals surface area contributed by atoms with Crippen LogP contribution < -0.4 is 0 Å². The largest absolute Gasteiger partial charge is 0.0843 e. The van der Waals surface area contributed by atoms with Crippen LogP contribution in [0.3, 0.4) is 0 Å². The molecular formula is C13H8Cl2. The third kappa shape index (κ3) is 2.98. The number of hydrogen-bond donors (Lipinski definition) is 0. The molecule has 0 bridgehead atoms. The molecule has 0 unspecified atom stereocenters. The first-order valence-electron chi connectivity index (χ1n) is 4.52. The Bertz CT molecular complexity index is 386. The molecule has 0 spiro atoms. The Kier molecular flexibility index (Phi) is 3.30. The Labute approximate surface area is 99.5 Å². The second-order valence-corrected chi connectivity index (χ2v) is 4.01. The molecule has 0 nitrogen and oxygen atoms in total. The molecule has 0 aromatic heterocycles. The van der Waals surface area contributed by atoms with Crippen molar-refractivity contribution in [1.29, 1.82) is 0 Å². The van der Waals surface area contributed by atoms with E-state index < -0.39 is 0 Å². The zero-order valence-corrected chi connectivity index (χ0v) is 9.39. The molecule has 2 aromatic rings. The summed E-state index contributed by atoms with van der Waals surface area (Å²) in [7, 11) is 0. The third-order valence-corrected chi connectivity index (χ3v) is 2.48. The fourth-order valence-corrected chi connectivity index (χ4v) is 1.49. The summed E-state index contributed by atoms with van der Waals surface area (Å²) in [6.45, 7) is 0. The van der Waals surface area contributed by atoms with Crippen LogP contribution in [-0.2, 0) is 0 Å². The molecule has 2 rings (SSSR count). The van der Waals surface area contributed by atoms with E-state index in [-0.39, 0.29) is 0 Å². The molecule has 0 saturated heterocycles. The van der Waals surface area contributed by atoms with Gasteiger partial charge in [-0.25, -0.2) is 0 Å². The van der Waals surface area contributed by atoms with E-state index in [2.05, 4.69) is 6.42 Å². The van der Waals surface area contributed by atoms with E-state index in [4.69, 9.17) is 23.2 Å². The topological polar surface area (TPSA) is 0 Å². The van der Waals surface area contributed by atoms with Crippen LogP contribution in [0.2, 0.25) is 10.0 Å². The smallest absolute Gasteiger partial charge is 0.0501 e. The molecule has 0 atom stereocenters. The molecule has 74 valence electrons. The van der Waals surface area contributed by atoms with Crippen molar-refractivity contribution >= 4 is 23.2 Å². The summed E-state index contributed by atoms with van der Waals surface area (Å²) in [6, 6.07) is 15.1. The summed E-state index contributed by atoms with van der Waals surface area (Å²) in [6.07, 6.45) is 3.24. The number of rotatable bonds is 2. The highest BCUT2D eigenvalue weighted by atomic mass is 35.5. The number of benzene rings is 2. The van der Waals surface area contributed by atoms with E-state index >= 15 is 0 Å². The van der Waals surface area contributed by atoms with Crippen LogP contribution in [0.15, 0.2) is 48.5 Å². The van der Waals surface area contributed by atoms with E-state index in [0.29, 0.717) is 0 Å². The maximum absolute atomic E-state index is 5.79. The van der Waals surface area contributed by atoms with Gasteiger partial charge in [-0.1, -0.05) is 47.5 Å². The van der Waals surface area contributed by atoms with Crippen LogP contribution in [0, 0.1) is 6.42 Å². The van der Waals surface area contributed by atoms with Crippen molar-refractivity contribution in [3.8, 4) is 0 Å². The molecule has 15 heavy (non-hydrogen) atoms. The average molecular weight is 235 g/mol. The molecular weight excluding hydrogens is 227 g/mol. The van der Waals surface area contributed by atoms with Crippen molar-refractivity contribution in [2.24, 2.45) is 0 Å². The van der Waals surface area contributed by atoms with Gasteiger partial charge in [-0.2, -0.15) is 0 Å². The molecule has 2 aromatic carbocycles. The lowest BCUT2D eigenvalue weighted by Crippen LogP contribution is -1.83. The van der Waals surface area contributed by atoms with E-state index in [1.54, 1.807) is 0 Å². The van der Waals surface area contributed by atoms with E-state index in [1.807, 2.05) is 48.5 Å². The quantitative estimate of drug-likeness (QED) is 0.720. The van der Waals surface area contributed by atoms with Gasteiger partial charge in [0.05, 0.1) is 6.42 Å². The van der Waals surface area contributed by atoms with Gasteiger partial charge in [-0.05, 0) is 35.4 Å². The first kappa shape index (κ1) is 10.5. The second-order valence-electron chi connectivity index (χ2n) is 3.14. The monoisotopic (exact) mass is 234 g/mol. The molecule has 0 aliphatic carbocycles. The Hall–Kier alpha value is -0.980. The Morgan fingerprint density at radius 3 is 1.27 bits per heavy atom. The second kappa shape index (κ2) is 4.69. The highest BCUT2D eigenvalue weighted by molar-refractivity contribution is 6.30. The maximum atomic E-state index is 5.79. The number of halogens is 2. The van der Waals surface area contributed by atoms with Crippen LogP contribution >= 0.6 is 23.2 Å². The predicted molar refractivity (Wildman–Crippen MR) is 64.4 cm³/mol. The van der Waals surface area contributed by atoms with Crippen LogP contribution in [0.25, 0.3) is 0 Å². The van der Waals surface area contributed by atoms with Crippen molar-refractivity contribution in [1.82, 2.24) is 0 Å². The molecule has 0 amide bonds. The molecule has 0 aliphatic rings. The molecule has 0 aliphatic heterocycles. The van der Waals surface area contributed by atoms with Gasteiger partial charge in [0, 0.05) is 10.0 Å². The highest BCUT2D eigenvalue weighted by Crippen LogP contribution is 2.17. The zero-order valence-electron chi connectivity index (χ0n) is 7.87. The lowest BCUT2D eigenvalue weighted by atomic mass is 10.1. The minimum atomic E-state index is 0.733. The van der Waals surface area contributed by atoms with E-state index in [9.17, 15) is 0 Å². The molecule has 0 heterocycles. The fraction of sp³-hybridized carbons (Fsp3) is 0. The number of hydrogen-bond acceptors (Lipinski definition) is 0. The SMILES string of the molecule is Clc1ccc([C]c2ccc(Cl)cc2)cc1. The van der Waals surface area contributed by atoms with E-state index in [1.165, 1.54) is 0 Å². The van der Waals surface area contributed by atoms with Gasteiger partial charge in [-0.15, -0.1) is 0 Å².